The monoisotopic (exact) mass is 207 g/mol. The molecule has 2 rings (SSSR count). The van der Waals surface area contributed by atoms with Crippen molar-refractivity contribution in [3.8, 4) is 0 Å². The highest BCUT2D eigenvalue weighted by Crippen LogP contribution is 2.15. The summed E-state index contributed by atoms with van der Waals surface area (Å²) in [7, 11) is 0. The Morgan fingerprint density at radius 2 is 2.14 bits per heavy atom. The quantitative estimate of drug-likeness (QED) is 0.710. The van der Waals surface area contributed by atoms with E-state index in [0.29, 0.717) is 0 Å². The van der Waals surface area contributed by atoms with Gasteiger partial charge in [0.05, 0.1) is 13.1 Å². The molecule has 1 aromatic carbocycles. The molecule has 0 atom stereocenters. The lowest BCUT2D eigenvalue weighted by Gasteiger charge is -2.09. The second-order valence-electron chi connectivity index (χ2n) is 3.10. The minimum absolute atomic E-state index is 0.846. The van der Waals surface area contributed by atoms with Crippen molar-refractivity contribution in [2.75, 3.05) is 18.8 Å². The predicted molar refractivity (Wildman–Crippen MR) is 59.0 cm³/mol. The summed E-state index contributed by atoms with van der Waals surface area (Å²) in [5.41, 5.74) is 1.39. The van der Waals surface area contributed by atoms with Crippen molar-refractivity contribution >= 4 is 11.9 Å². The molecule has 0 saturated heterocycles. The molecule has 0 radical (unpaired) electrons. The third-order valence-electron chi connectivity index (χ3n) is 2.03. The van der Waals surface area contributed by atoms with Gasteiger partial charge in [-0.25, -0.2) is 4.41 Å². The first kappa shape index (κ1) is 9.52. The zero-order valence-corrected chi connectivity index (χ0v) is 8.78. The maximum Gasteiger partial charge on any atom is 0.0824 e. The summed E-state index contributed by atoms with van der Waals surface area (Å²) in [6, 6.07) is 10.5. The van der Waals surface area contributed by atoms with E-state index in [4.69, 9.17) is 0 Å². The van der Waals surface area contributed by atoms with Crippen molar-refractivity contribution in [1.29, 1.82) is 0 Å². The second-order valence-corrected chi connectivity index (χ2v) is 4.19. The van der Waals surface area contributed by atoms with Crippen molar-refractivity contribution in [3.05, 3.63) is 35.9 Å². The molecule has 14 heavy (non-hydrogen) atoms. The van der Waals surface area contributed by atoms with Crippen LogP contribution in [0.4, 0.5) is 0 Å². The van der Waals surface area contributed by atoms with Crippen molar-refractivity contribution in [2.24, 2.45) is 10.3 Å². The summed E-state index contributed by atoms with van der Waals surface area (Å²) in [6.07, 6.45) is 1.09. The van der Waals surface area contributed by atoms with E-state index >= 15 is 0 Å². The number of hydrogen-bond acceptors (Lipinski definition) is 4. The Bertz CT molecular complexity index is 299. The number of benzene rings is 1. The molecule has 1 heterocycles. The Balaban J connectivity index is 1.70. The Hall–Kier alpha value is -1.03. The minimum atomic E-state index is 0.846. The van der Waals surface area contributed by atoms with Gasteiger partial charge in [-0.2, -0.15) is 5.11 Å². The predicted octanol–water partition coefficient (Wildman–Crippen LogP) is 2.56. The molecule has 0 unspecified atom stereocenters. The molecule has 1 aliphatic rings. The van der Waals surface area contributed by atoms with Gasteiger partial charge >= 0.3 is 0 Å². The van der Waals surface area contributed by atoms with Gasteiger partial charge in [-0.3, -0.25) is 0 Å². The zero-order chi connectivity index (χ0) is 9.64. The molecule has 0 fully saturated rings. The van der Waals surface area contributed by atoms with E-state index in [1.165, 1.54) is 5.56 Å². The van der Waals surface area contributed by atoms with Crippen LogP contribution in [0.1, 0.15) is 5.56 Å². The Morgan fingerprint density at radius 1 is 1.29 bits per heavy atom. The van der Waals surface area contributed by atoms with Gasteiger partial charge in [-0.1, -0.05) is 35.6 Å². The van der Waals surface area contributed by atoms with Crippen LogP contribution in [-0.2, 0) is 6.42 Å². The van der Waals surface area contributed by atoms with Crippen LogP contribution >= 0.6 is 11.9 Å². The topological polar surface area (TPSA) is 28.0 Å². The highest BCUT2D eigenvalue weighted by Gasteiger charge is 2.06. The molecule has 0 amide bonds. The molecule has 3 nitrogen and oxygen atoms in total. The first-order valence-corrected chi connectivity index (χ1v) is 5.71. The lowest BCUT2D eigenvalue weighted by Crippen LogP contribution is -2.07. The summed E-state index contributed by atoms with van der Waals surface area (Å²) in [5, 5.41) is 7.91. The van der Waals surface area contributed by atoms with Crippen molar-refractivity contribution in [3.63, 3.8) is 0 Å². The SMILES string of the molecule is c1ccc(CCSN2CCN=N2)cc1. The maximum absolute atomic E-state index is 3.99. The van der Waals surface area contributed by atoms with Crippen LogP contribution in [0, 0.1) is 0 Å². The maximum atomic E-state index is 3.99. The lowest BCUT2D eigenvalue weighted by molar-refractivity contribution is 0.560. The fourth-order valence-electron chi connectivity index (χ4n) is 1.29. The second kappa shape index (κ2) is 5.00. The van der Waals surface area contributed by atoms with Crippen molar-refractivity contribution < 1.29 is 0 Å². The third-order valence-corrected chi connectivity index (χ3v) is 2.97. The smallest absolute Gasteiger partial charge is 0.0824 e. The lowest BCUT2D eigenvalue weighted by atomic mass is 10.2. The van der Waals surface area contributed by atoms with E-state index in [9.17, 15) is 0 Å². The molecule has 0 spiro atoms. The third kappa shape index (κ3) is 2.73. The van der Waals surface area contributed by atoms with Gasteiger partial charge in [0.1, 0.15) is 0 Å². The highest BCUT2D eigenvalue weighted by molar-refractivity contribution is 7.96. The first-order valence-electron chi connectivity index (χ1n) is 4.77. The Kier molecular flexibility index (Phi) is 3.40. The average Bonchev–Trinajstić information content (AvgIpc) is 2.72. The highest BCUT2D eigenvalue weighted by atomic mass is 32.2. The zero-order valence-electron chi connectivity index (χ0n) is 7.97. The van der Waals surface area contributed by atoms with Gasteiger partial charge in [-0.05, 0) is 23.9 Å². The van der Waals surface area contributed by atoms with E-state index in [0.717, 1.165) is 25.3 Å². The van der Waals surface area contributed by atoms with Gasteiger partial charge < -0.3 is 0 Å². The summed E-state index contributed by atoms with van der Waals surface area (Å²) >= 11 is 1.75. The Morgan fingerprint density at radius 3 is 2.86 bits per heavy atom. The molecule has 0 bridgehead atoms. The van der Waals surface area contributed by atoms with E-state index in [2.05, 4.69) is 34.6 Å². The molecule has 0 N–H and O–H groups in total. The summed E-state index contributed by atoms with van der Waals surface area (Å²) < 4.78 is 1.96. The molecule has 1 aromatic rings. The van der Waals surface area contributed by atoms with Crippen LogP contribution in [0.5, 0.6) is 0 Å². The fourth-order valence-corrected chi connectivity index (χ4v) is 2.15. The largest absolute Gasteiger partial charge is 0.219 e. The molecule has 74 valence electrons. The summed E-state index contributed by atoms with van der Waals surface area (Å²) in [4.78, 5) is 0. The molecule has 0 saturated carbocycles. The van der Waals surface area contributed by atoms with Gasteiger partial charge in [0.25, 0.3) is 0 Å². The number of aryl methyl sites for hydroxylation is 1. The van der Waals surface area contributed by atoms with Crippen LogP contribution in [0.2, 0.25) is 0 Å². The summed E-state index contributed by atoms with van der Waals surface area (Å²) in [6.45, 7) is 1.80. The van der Waals surface area contributed by atoms with Gasteiger partial charge in [0.2, 0.25) is 0 Å². The van der Waals surface area contributed by atoms with Gasteiger partial charge in [0.15, 0.2) is 0 Å². The van der Waals surface area contributed by atoms with E-state index < -0.39 is 0 Å². The first-order chi connectivity index (χ1) is 6.95. The average molecular weight is 207 g/mol. The van der Waals surface area contributed by atoms with Crippen LogP contribution in [0.25, 0.3) is 0 Å². The van der Waals surface area contributed by atoms with Crippen LogP contribution in [-0.4, -0.2) is 23.3 Å². The number of hydrogen-bond donors (Lipinski definition) is 0. The summed E-state index contributed by atoms with van der Waals surface area (Å²) in [5.74, 6) is 1.07. The molecule has 0 aromatic heterocycles. The molecule has 0 aliphatic carbocycles. The van der Waals surface area contributed by atoms with Crippen molar-refractivity contribution in [1.82, 2.24) is 4.41 Å². The minimum Gasteiger partial charge on any atom is -0.219 e. The number of rotatable bonds is 4. The van der Waals surface area contributed by atoms with Gasteiger partial charge in [0, 0.05) is 5.75 Å². The standard InChI is InChI=1S/C10H13N3S/c1-2-4-10(5-3-1)6-9-14-13-8-7-11-12-13/h1-5H,6-9H2. The Labute approximate surface area is 88.3 Å². The number of nitrogens with zero attached hydrogens (tertiary/aromatic N) is 3. The van der Waals surface area contributed by atoms with Crippen LogP contribution < -0.4 is 0 Å². The van der Waals surface area contributed by atoms with Crippen LogP contribution in [0.3, 0.4) is 0 Å². The normalized spacial score (nSPS) is 15.0. The van der Waals surface area contributed by atoms with Gasteiger partial charge in [-0.15, -0.1) is 0 Å². The fraction of sp³-hybridized carbons (Fsp3) is 0.400. The molecular formula is C10H13N3S. The molecular weight excluding hydrogens is 194 g/mol. The van der Waals surface area contributed by atoms with Crippen molar-refractivity contribution in [2.45, 2.75) is 6.42 Å². The van der Waals surface area contributed by atoms with Crippen LogP contribution in [0.15, 0.2) is 40.7 Å². The van der Waals surface area contributed by atoms with E-state index in [1.54, 1.807) is 11.9 Å². The molecule has 4 heteroatoms. The van der Waals surface area contributed by atoms with E-state index in [-0.39, 0.29) is 0 Å². The van der Waals surface area contributed by atoms with E-state index in [1.807, 2.05) is 10.5 Å². The molecule has 1 aliphatic heterocycles.